The maximum atomic E-state index is 12.4. The minimum atomic E-state index is -0.412. The van der Waals surface area contributed by atoms with Crippen molar-refractivity contribution < 1.29 is 9.53 Å². The Hall–Kier alpha value is -2.63. The zero-order valence-electron chi connectivity index (χ0n) is 14.4. The van der Waals surface area contributed by atoms with Crippen molar-refractivity contribution in [3.63, 3.8) is 0 Å². The molecule has 1 unspecified atom stereocenters. The fraction of sp³-hybridized carbons (Fsp3) is 0.150. The van der Waals surface area contributed by atoms with Crippen LogP contribution in [0.1, 0.15) is 24.4 Å². The summed E-state index contributed by atoms with van der Waals surface area (Å²) >= 11 is 12.2. The molecule has 136 valence electrons. The molecule has 0 bridgehead atoms. The molecular formula is C20H15Cl2N3O2. The Morgan fingerprint density at radius 3 is 2.48 bits per heavy atom. The van der Waals surface area contributed by atoms with Crippen molar-refractivity contribution in [3.8, 4) is 16.9 Å². The van der Waals surface area contributed by atoms with Gasteiger partial charge in [-0.1, -0.05) is 35.3 Å². The SMILES string of the molecule is CC1c2cc(-c3ccc(Cl)c(Cl)c3)ccc2OC(=O)N1Cc1ncccn1. The summed E-state index contributed by atoms with van der Waals surface area (Å²) in [6.07, 6.45) is 2.89. The second-order valence-corrected chi connectivity index (χ2v) is 7.03. The number of hydrogen-bond acceptors (Lipinski definition) is 4. The highest BCUT2D eigenvalue weighted by Crippen LogP contribution is 2.38. The van der Waals surface area contributed by atoms with Gasteiger partial charge in [0.15, 0.2) is 0 Å². The summed E-state index contributed by atoms with van der Waals surface area (Å²) in [7, 11) is 0. The summed E-state index contributed by atoms with van der Waals surface area (Å²) < 4.78 is 5.51. The van der Waals surface area contributed by atoms with E-state index in [9.17, 15) is 4.79 Å². The van der Waals surface area contributed by atoms with E-state index < -0.39 is 6.09 Å². The second kappa shape index (κ2) is 7.18. The minimum Gasteiger partial charge on any atom is -0.410 e. The van der Waals surface area contributed by atoms with Crippen LogP contribution < -0.4 is 4.74 Å². The molecule has 0 spiro atoms. The van der Waals surface area contributed by atoms with Crippen LogP contribution in [0, 0.1) is 0 Å². The summed E-state index contributed by atoms with van der Waals surface area (Å²) in [5.41, 5.74) is 2.82. The lowest BCUT2D eigenvalue weighted by Crippen LogP contribution is -2.39. The van der Waals surface area contributed by atoms with E-state index in [1.54, 1.807) is 35.5 Å². The van der Waals surface area contributed by atoms with E-state index in [0.717, 1.165) is 16.7 Å². The van der Waals surface area contributed by atoms with Crippen LogP contribution in [0.25, 0.3) is 11.1 Å². The molecule has 27 heavy (non-hydrogen) atoms. The summed E-state index contributed by atoms with van der Waals surface area (Å²) in [4.78, 5) is 22.4. The molecule has 7 heteroatoms. The van der Waals surface area contributed by atoms with E-state index in [2.05, 4.69) is 9.97 Å². The molecule has 0 N–H and O–H groups in total. The van der Waals surface area contributed by atoms with Gasteiger partial charge < -0.3 is 4.74 Å². The number of ether oxygens (including phenoxy) is 1. The third kappa shape index (κ3) is 3.48. The highest BCUT2D eigenvalue weighted by molar-refractivity contribution is 6.42. The first-order valence-electron chi connectivity index (χ1n) is 8.36. The van der Waals surface area contributed by atoms with Gasteiger partial charge in [0, 0.05) is 18.0 Å². The van der Waals surface area contributed by atoms with Gasteiger partial charge in [0.25, 0.3) is 0 Å². The van der Waals surface area contributed by atoms with Gasteiger partial charge in [-0.25, -0.2) is 14.8 Å². The van der Waals surface area contributed by atoms with Gasteiger partial charge in [-0.15, -0.1) is 0 Å². The van der Waals surface area contributed by atoms with Crippen LogP contribution >= 0.6 is 23.2 Å². The standard InChI is InChI=1S/C20H15Cl2N3O2/c1-12-15-9-13(14-3-5-16(21)17(22)10-14)4-6-18(15)27-20(26)25(12)11-19-23-7-2-8-24-19/h2-10,12H,11H2,1H3. The van der Waals surface area contributed by atoms with Crippen LogP contribution in [-0.4, -0.2) is 21.0 Å². The molecule has 1 aliphatic heterocycles. The van der Waals surface area contributed by atoms with Crippen molar-refractivity contribution in [2.75, 3.05) is 0 Å². The van der Waals surface area contributed by atoms with Crippen LogP contribution in [-0.2, 0) is 6.54 Å². The molecule has 1 atom stereocenters. The first kappa shape index (κ1) is 17.8. The molecule has 3 aromatic rings. The number of amides is 1. The highest BCUT2D eigenvalue weighted by Gasteiger charge is 2.32. The van der Waals surface area contributed by atoms with Crippen LogP contribution in [0.4, 0.5) is 4.79 Å². The van der Waals surface area contributed by atoms with E-state index in [1.165, 1.54) is 0 Å². The number of benzene rings is 2. The first-order valence-corrected chi connectivity index (χ1v) is 9.12. The smallest absolute Gasteiger partial charge is 0.410 e. The number of halogens is 2. The quantitative estimate of drug-likeness (QED) is 0.581. The van der Waals surface area contributed by atoms with E-state index in [4.69, 9.17) is 27.9 Å². The number of carbonyl (C=O) groups excluding carboxylic acids is 1. The largest absolute Gasteiger partial charge is 0.416 e. The van der Waals surface area contributed by atoms with Crippen molar-refractivity contribution in [3.05, 3.63) is 76.3 Å². The van der Waals surface area contributed by atoms with Gasteiger partial charge in [0.05, 0.1) is 22.6 Å². The van der Waals surface area contributed by atoms with Crippen LogP contribution in [0.2, 0.25) is 10.0 Å². The summed E-state index contributed by atoms with van der Waals surface area (Å²) in [5, 5.41) is 1.00. The topological polar surface area (TPSA) is 55.3 Å². The lowest BCUT2D eigenvalue weighted by atomic mass is 9.97. The maximum absolute atomic E-state index is 12.4. The Labute approximate surface area is 166 Å². The zero-order valence-corrected chi connectivity index (χ0v) is 15.9. The average molecular weight is 400 g/mol. The molecule has 0 radical (unpaired) electrons. The molecule has 2 aromatic carbocycles. The highest BCUT2D eigenvalue weighted by atomic mass is 35.5. The summed E-state index contributed by atoms with van der Waals surface area (Å²) in [6.45, 7) is 2.23. The molecule has 5 nitrogen and oxygen atoms in total. The Morgan fingerprint density at radius 2 is 1.74 bits per heavy atom. The van der Waals surface area contributed by atoms with E-state index in [-0.39, 0.29) is 12.6 Å². The number of aromatic nitrogens is 2. The fourth-order valence-electron chi connectivity index (χ4n) is 3.07. The number of nitrogens with zero attached hydrogens (tertiary/aromatic N) is 3. The minimum absolute atomic E-state index is 0.187. The lowest BCUT2D eigenvalue weighted by Gasteiger charge is -2.33. The molecule has 0 aliphatic carbocycles. The van der Waals surface area contributed by atoms with Gasteiger partial charge in [-0.2, -0.15) is 0 Å². The van der Waals surface area contributed by atoms with Crippen LogP contribution in [0.15, 0.2) is 54.9 Å². The number of hydrogen-bond donors (Lipinski definition) is 0. The fourth-order valence-corrected chi connectivity index (χ4v) is 3.37. The monoisotopic (exact) mass is 399 g/mol. The Kier molecular flexibility index (Phi) is 4.72. The predicted molar refractivity (Wildman–Crippen MR) is 104 cm³/mol. The molecule has 1 aromatic heterocycles. The molecule has 0 saturated carbocycles. The number of carbonyl (C=O) groups is 1. The van der Waals surface area contributed by atoms with E-state index >= 15 is 0 Å². The summed E-state index contributed by atoms with van der Waals surface area (Å²) in [5.74, 6) is 1.12. The van der Waals surface area contributed by atoms with Gasteiger partial charge in [0.1, 0.15) is 11.6 Å². The summed E-state index contributed by atoms with van der Waals surface area (Å²) in [6, 6.07) is 12.7. The normalized spacial score (nSPS) is 16.0. The Morgan fingerprint density at radius 1 is 1.04 bits per heavy atom. The first-order chi connectivity index (χ1) is 13.0. The van der Waals surface area contributed by atoms with Crippen molar-refractivity contribution >= 4 is 29.3 Å². The van der Waals surface area contributed by atoms with E-state index in [1.807, 2.05) is 31.2 Å². The molecule has 2 heterocycles. The van der Waals surface area contributed by atoms with Crippen LogP contribution in [0.3, 0.4) is 0 Å². The van der Waals surface area contributed by atoms with E-state index in [0.29, 0.717) is 21.6 Å². The molecule has 1 aliphatic rings. The third-order valence-electron chi connectivity index (χ3n) is 4.54. The molecular weight excluding hydrogens is 385 g/mol. The predicted octanol–water partition coefficient (Wildman–Crippen LogP) is 5.53. The average Bonchev–Trinajstić information content (AvgIpc) is 2.68. The van der Waals surface area contributed by atoms with Gasteiger partial charge in [-0.3, -0.25) is 4.90 Å². The molecule has 1 amide bonds. The number of fused-ring (bicyclic) bond motifs is 1. The third-order valence-corrected chi connectivity index (χ3v) is 5.28. The Balaban J connectivity index is 1.68. The van der Waals surface area contributed by atoms with Gasteiger partial charge in [-0.05, 0) is 48.4 Å². The Bertz CT molecular complexity index is 1010. The van der Waals surface area contributed by atoms with Gasteiger partial charge >= 0.3 is 6.09 Å². The van der Waals surface area contributed by atoms with Gasteiger partial charge in [0.2, 0.25) is 0 Å². The van der Waals surface area contributed by atoms with Crippen molar-refractivity contribution in [2.24, 2.45) is 0 Å². The van der Waals surface area contributed by atoms with Crippen LogP contribution in [0.5, 0.6) is 5.75 Å². The second-order valence-electron chi connectivity index (χ2n) is 6.22. The maximum Gasteiger partial charge on any atom is 0.416 e. The zero-order chi connectivity index (χ0) is 19.0. The molecule has 4 rings (SSSR count). The van der Waals surface area contributed by atoms with Crippen molar-refractivity contribution in [1.29, 1.82) is 0 Å². The van der Waals surface area contributed by atoms with Crippen molar-refractivity contribution in [2.45, 2.75) is 19.5 Å². The molecule has 0 fully saturated rings. The van der Waals surface area contributed by atoms with Crippen molar-refractivity contribution in [1.82, 2.24) is 14.9 Å². The lowest BCUT2D eigenvalue weighted by molar-refractivity contribution is 0.115. The number of rotatable bonds is 3. The molecule has 0 saturated heterocycles.